The van der Waals surface area contributed by atoms with Crippen molar-refractivity contribution in [3.63, 3.8) is 0 Å². The Bertz CT molecular complexity index is 245. The van der Waals surface area contributed by atoms with Gasteiger partial charge in [-0.1, -0.05) is 0 Å². The molecule has 4 nitrogen and oxygen atoms in total. The number of carbonyl (C=O) groups excluding carboxylic acids is 1. The van der Waals surface area contributed by atoms with Crippen molar-refractivity contribution in [2.75, 3.05) is 26.3 Å². The molecule has 0 heterocycles. The molecule has 0 radical (unpaired) electrons. The van der Waals surface area contributed by atoms with Crippen molar-refractivity contribution in [3.05, 3.63) is 0 Å². The van der Waals surface area contributed by atoms with Crippen LogP contribution in [0.25, 0.3) is 0 Å². The van der Waals surface area contributed by atoms with Crippen molar-refractivity contribution in [2.45, 2.75) is 18.5 Å². The van der Waals surface area contributed by atoms with Gasteiger partial charge in [-0.3, -0.25) is 4.79 Å². The van der Waals surface area contributed by atoms with Gasteiger partial charge in [-0.25, -0.2) is 8.78 Å². The highest BCUT2D eigenvalue weighted by atomic mass is 19.4. The normalized spacial score (nSPS) is 12.6. The molecule has 102 valence electrons. The Balaban J connectivity index is 3.61. The maximum atomic E-state index is 12.5. The average molecular weight is 264 g/mol. The molecule has 0 aliphatic heterocycles. The lowest BCUT2D eigenvalue weighted by Gasteiger charge is -2.14. The zero-order valence-electron chi connectivity index (χ0n) is 8.82. The summed E-state index contributed by atoms with van der Waals surface area (Å²) in [5.74, 6) is -4.04. The van der Waals surface area contributed by atoms with Crippen LogP contribution in [0.2, 0.25) is 0 Å². The highest BCUT2D eigenvalue weighted by molar-refractivity contribution is 5.76. The van der Waals surface area contributed by atoms with Crippen LogP contribution in [0.3, 0.4) is 0 Å². The minimum absolute atomic E-state index is 0.420. The summed E-state index contributed by atoms with van der Waals surface area (Å²) in [6.45, 7) is -3.82. The van der Waals surface area contributed by atoms with E-state index in [1.165, 1.54) is 0 Å². The number of hydrogen-bond acceptors (Lipinski definition) is 3. The first-order valence-electron chi connectivity index (χ1n) is 4.65. The van der Waals surface area contributed by atoms with Crippen molar-refractivity contribution < 1.29 is 31.5 Å². The van der Waals surface area contributed by atoms with E-state index in [1.807, 2.05) is 5.32 Å². The fourth-order valence-corrected chi connectivity index (χ4v) is 0.741. The number of nitrogens with one attached hydrogen (secondary N) is 1. The summed E-state index contributed by atoms with van der Waals surface area (Å²) in [6, 6.07) is 0. The van der Waals surface area contributed by atoms with Gasteiger partial charge in [0.2, 0.25) is 5.91 Å². The van der Waals surface area contributed by atoms with Crippen molar-refractivity contribution in [1.29, 1.82) is 0 Å². The lowest BCUT2D eigenvalue weighted by Crippen LogP contribution is -2.41. The molecule has 0 saturated heterocycles. The Morgan fingerprint density at radius 3 is 2.29 bits per heavy atom. The van der Waals surface area contributed by atoms with E-state index in [9.17, 15) is 26.7 Å². The number of hydrogen-bond donors (Lipinski definition) is 2. The summed E-state index contributed by atoms with van der Waals surface area (Å²) in [6.07, 6.45) is -4.89. The van der Waals surface area contributed by atoms with Crippen molar-refractivity contribution in [1.82, 2.24) is 5.32 Å². The Hall–Kier alpha value is -0.960. The van der Waals surface area contributed by atoms with Crippen LogP contribution in [0, 0.1) is 0 Å². The van der Waals surface area contributed by atoms with Crippen LogP contribution in [-0.2, 0) is 9.53 Å². The molecule has 0 spiro atoms. The monoisotopic (exact) mass is 264 g/mol. The first-order valence-corrected chi connectivity index (χ1v) is 4.65. The summed E-state index contributed by atoms with van der Waals surface area (Å²) in [5, 5.41) is 1.84. The van der Waals surface area contributed by atoms with Crippen molar-refractivity contribution >= 4 is 5.91 Å². The molecule has 0 bridgehead atoms. The minimum Gasteiger partial charge on any atom is -0.372 e. The lowest BCUT2D eigenvalue weighted by molar-refractivity contribution is -0.174. The summed E-state index contributed by atoms with van der Waals surface area (Å²) in [5.41, 5.74) is 4.71. The van der Waals surface area contributed by atoms with Gasteiger partial charge in [0.05, 0.1) is 19.7 Å². The molecular weight excluding hydrogens is 251 g/mol. The minimum atomic E-state index is -4.47. The third-order valence-electron chi connectivity index (χ3n) is 1.58. The van der Waals surface area contributed by atoms with Crippen LogP contribution in [-0.4, -0.2) is 44.3 Å². The molecule has 0 aliphatic rings. The van der Waals surface area contributed by atoms with Gasteiger partial charge in [-0.05, 0) is 0 Å². The van der Waals surface area contributed by atoms with Crippen LogP contribution < -0.4 is 11.1 Å². The van der Waals surface area contributed by atoms with Gasteiger partial charge in [0.25, 0.3) is 5.92 Å². The van der Waals surface area contributed by atoms with Gasteiger partial charge in [0.1, 0.15) is 6.61 Å². The molecule has 0 unspecified atom stereocenters. The average Bonchev–Trinajstić information content (AvgIpc) is 2.20. The SMILES string of the molecule is NCC(F)(F)CNC(=O)CCOCC(F)(F)F. The summed E-state index contributed by atoms with van der Waals surface area (Å²) in [4.78, 5) is 10.9. The number of halogens is 5. The molecule has 0 aliphatic carbocycles. The molecule has 0 fully saturated rings. The molecule has 0 aromatic rings. The third kappa shape index (κ3) is 9.94. The summed E-state index contributed by atoms with van der Waals surface area (Å²) >= 11 is 0. The molecule has 3 N–H and O–H groups in total. The van der Waals surface area contributed by atoms with E-state index in [2.05, 4.69) is 4.74 Å². The predicted octanol–water partition coefficient (Wildman–Crippen LogP) is 0.666. The van der Waals surface area contributed by atoms with Gasteiger partial charge in [-0.2, -0.15) is 13.2 Å². The number of alkyl halides is 5. The van der Waals surface area contributed by atoms with Crippen LogP contribution in [0.1, 0.15) is 6.42 Å². The predicted molar refractivity (Wildman–Crippen MR) is 48.5 cm³/mol. The maximum absolute atomic E-state index is 12.5. The van der Waals surface area contributed by atoms with E-state index in [0.29, 0.717) is 0 Å². The van der Waals surface area contributed by atoms with Gasteiger partial charge in [0.15, 0.2) is 0 Å². The highest BCUT2D eigenvalue weighted by Gasteiger charge is 2.28. The zero-order chi connectivity index (χ0) is 13.5. The third-order valence-corrected chi connectivity index (χ3v) is 1.58. The Morgan fingerprint density at radius 2 is 1.82 bits per heavy atom. The number of carbonyl (C=O) groups is 1. The lowest BCUT2D eigenvalue weighted by atomic mass is 10.3. The fourth-order valence-electron chi connectivity index (χ4n) is 0.741. The van der Waals surface area contributed by atoms with Gasteiger partial charge in [-0.15, -0.1) is 0 Å². The number of amides is 1. The highest BCUT2D eigenvalue weighted by Crippen LogP contribution is 2.14. The molecule has 0 saturated carbocycles. The molecular formula is C8H13F5N2O2. The smallest absolute Gasteiger partial charge is 0.372 e. The first-order chi connectivity index (χ1) is 7.66. The second-order valence-corrected chi connectivity index (χ2v) is 3.25. The second-order valence-electron chi connectivity index (χ2n) is 3.25. The van der Waals surface area contributed by atoms with Gasteiger partial charge >= 0.3 is 6.18 Å². The summed E-state index contributed by atoms with van der Waals surface area (Å²) in [7, 11) is 0. The Kier molecular flexibility index (Phi) is 6.32. The van der Waals surface area contributed by atoms with Crippen LogP contribution in [0.4, 0.5) is 22.0 Å². The van der Waals surface area contributed by atoms with E-state index in [-0.39, 0.29) is 0 Å². The second kappa shape index (κ2) is 6.70. The van der Waals surface area contributed by atoms with Gasteiger partial charge in [0, 0.05) is 6.42 Å². The fraction of sp³-hybridized carbons (Fsp3) is 0.875. The summed E-state index contributed by atoms with van der Waals surface area (Å²) < 4.78 is 64.0. The number of nitrogens with two attached hydrogens (primary N) is 1. The zero-order valence-corrected chi connectivity index (χ0v) is 8.82. The topological polar surface area (TPSA) is 64.3 Å². The maximum Gasteiger partial charge on any atom is 0.411 e. The van der Waals surface area contributed by atoms with Crippen molar-refractivity contribution in [2.24, 2.45) is 5.73 Å². The molecule has 9 heteroatoms. The molecule has 0 rings (SSSR count). The van der Waals surface area contributed by atoms with E-state index in [1.54, 1.807) is 0 Å². The number of ether oxygens (including phenoxy) is 1. The molecule has 17 heavy (non-hydrogen) atoms. The largest absolute Gasteiger partial charge is 0.411 e. The van der Waals surface area contributed by atoms with Crippen LogP contribution >= 0.6 is 0 Å². The molecule has 0 atom stereocenters. The van der Waals surface area contributed by atoms with E-state index >= 15 is 0 Å². The Labute approximate surface area is 94.3 Å². The Morgan fingerprint density at radius 1 is 1.24 bits per heavy atom. The van der Waals surface area contributed by atoms with Crippen LogP contribution in [0.15, 0.2) is 0 Å². The first kappa shape index (κ1) is 16.0. The standard InChI is InChI=1S/C8H13F5N2O2/c9-7(10,3-14)4-15-6(16)1-2-17-5-8(11,12)13/h1-5,14H2,(H,15,16). The van der Waals surface area contributed by atoms with Crippen LogP contribution in [0.5, 0.6) is 0 Å². The van der Waals surface area contributed by atoms with E-state index in [4.69, 9.17) is 5.73 Å². The quantitative estimate of drug-likeness (QED) is 0.524. The van der Waals surface area contributed by atoms with Crippen molar-refractivity contribution in [3.8, 4) is 0 Å². The van der Waals surface area contributed by atoms with Gasteiger partial charge < -0.3 is 15.8 Å². The van der Waals surface area contributed by atoms with E-state index < -0.39 is 50.7 Å². The molecule has 1 amide bonds. The molecule has 0 aromatic heterocycles. The van der Waals surface area contributed by atoms with E-state index in [0.717, 1.165) is 0 Å². The molecule has 0 aromatic carbocycles. The number of rotatable bonds is 7.